The first-order chi connectivity index (χ1) is 6.89. The number of amides is 1. The van der Waals surface area contributed by atoms with Crippen molar-refractivity contribution in [2.75, 3.05) is 0 Å². The van der Waals surface area contributed by atoms with Crippen molar-refractivity contribution >= 4 is 5.91 Å². The van der Waals surface area contributed by atoms with Crippen molar-refractivity contribution in [1.29, 1.82) is 0 Å². The molecule has 1 rings (SSSR count). The predicted molar refractivity (Wildman–Crippen MR) is 58.9 cm³/mol. The molecule has 1 amide bonds. The lowest BCUT2D eigenvalue weighted by atomic mass is 9.94. The molecule has 0 aromatic rings. The van der Waals surface area contributed by atoms with Gasteiger partial charge in [-0.25, -0.2) is 5.48 Å². The molecule has 0 bridgehead atoms. The molecule has 0 saturated heterocycles. The van der Waals surface area contributed by atoms with Crippen molar-refractivity contribution in [3.63, 3.8) is 0 Å². The van der Waals surface area contributed by atoms with E-state index in [2.05, 4.69) is 5.48 Å². The van der Waals surface area contributed by atoms with Gasteiger partial charge in [0.15, 0.2) is 0 Å². The van der Waals surface area contributed by atoms with Gasteiger partial charge in [0.2, 0.25) is 5.91 Å². The summed E-state index contributed by atoms with van der Waals surface area (Å²) >= 11 is 0. The molecule has 1 fully saturated rings. The third kappa shape index (κ3) is 4.18. The van der Waals surface area contributed by atoms with E-state index in [1.165, 1.54) is 0 Å². The van der Waals surface area contributed by atoms with Crippen LogP contribution < -0.4 is 11.2 Å². The molecule has 0 radical (unpaired) electrons. The van der Waals surface area contributed by atoms with Crippen LogP contribution in [0.2, 0.25) is 0 Å². The Morgan fingerprint density at radius 2 is 1.80 bits per heavy atom. The standard InChI is InChI=1S/C11H22N2O2/c1-11(2,3)10(14)13-15-9-6-4-8(12)5-7-9/h8-9H,4-7,12H2,1-3H3,(H,13,14). The largest absolute Gasteiger partial charge is 0.328 e. The lowest BCUT2D eigenvalue weighted by Crippen LogP contribution is -2.39. The lowest BCUT2D eigenvalue weighted by Gasteiger charge is -2.27. The minimum atomic E-state index is -0.398. The molecule has 15 heavy (non-hydrogen) atoms. The second kappa shape index (κ2) is 4.94. The van der Waals surface area contributed by atoms with Crippen molar-refractivity contribution in [3.8, 4) is 0 Å². The number of carbonyl (C=O) groups is 1. The molecule has 0 spiro atoms. The van der Waals surface area contributed by atoms with E-state index < -0.39 is 5.41 Å². The van der Waals surface area contributed by atoms with E-state index in [1.807, 2.05) is 20.8 Å². The summed E-state index contributed by atoms with van der Waals surface area (Å²) in [6, 6.07) is 0.308. The van der Waals surface area contributed by atoms with Crippen molar-refractivity contribution in [1.82, 2.24) is 5.48 Å². The highest BCUT2D eigenvalue weighted by molar-refractivity contribution is 5.80. The van der Waals surface area contributed by atoms with Crippen molar-refractivity contribution < 1.29 is 9.63 Å². The fraction of sp³-hybridized carbons (Fsp3) is 0.909. The fourth-order valence-corrected chi connectivity index (χ4v) is 1.50. The summed E-state index contributed by atoms with van der Waals surface area (Å²) in [5.41, 5.74) is 7.91. The van der Waals surface area contributed by atoms with Crippen LogP contribution in [0.5, 0.6) is 0 Å². The van der Waals surface area contributed by atoms with Crippen LogP contribution in [0.3, 0.4) is 0 Å². The minimum absolute atomic E-state index is 0.0719. The maximum absolute atomic E-state index is 11.5. The van der Waals surface area contributed by atoms with Crippen LogP contribution in [0, 0.1) is 5.41 Å². The van der Waals surface area contributed by atoms with Crippen LogP contribution in [-0.2, 0) is 9.63 Å². The second-order valence-electron chi connectivity index (χ2n) is 5.34. The van der Waals surface area contributed by atoms with Crippen LogP contribution in [0.15, 0.2) is 0 Å². The second-order valence-corrected chi connectivity index (χ2v) is 5.34. The topological polar surface area (TPSA) is 64.3 Å². The highest BCUT2D eigenvalue weighted by atomic mass is 16.7. The van der Waals surface area contributed by atoms with Crippen LogP contribution in [-0.4, -0.2) is 18.1 Å². The zero-order chi connectivity index (χ0) is 11.5. The van der Waals surface area contributed by atoms with Crippen molar-refractivity contribution in [2.24, 2.45) is 11.1 Å². The van der Waals surface area contributed by atoms with Gasteiger partial charge in [-0.05, 0) is 25.7 Å². The smallest absolute Gasteiger partial charge is 0.248 e. The first kappa shape index (κ1) is 12.5. The Kier molecular flexibility index (Phi) is 4.11. The Morgan fingerprint density at radius 3 is 2.27 bits per heavy atom. The summed E-state index contributed by atoms with van der Waals surface area (Å²) in [5.74, 6) is -0.0719. The third-order valence-electron chi connectivity index (χ3n) is 2.72. The summed E-state index contributed by atoms with van der Waals surface area (Å²) in [5, 5.41) is 0. The molecular formula is C11H22N2O2. The minimum Gasteiger partial charge on any atom is -0.328 e. The number of nitrogens with one attached hydrogen (secondary N) is 1. The van der Waals surface area contributed by atoms with Crippen molar-refractivity contribution in [2.45, 2.75) is 58.6 Å². The normalized spacial score (nSPS) is 27.5. The van der Waals surface area contributed by atoms with E-state index >= 15 is 0 Å². The average molecular weight is 214 g/mol. The predicted octanol–water partition coefficient (Wildman–Crippen LogP) is 1.35. The Labute approximate surface area is 91.5 Å². The third-order valence-corrected chi connectivity index (χ3v) is 2.72. The molecular weight excluding hydrogens is 192 g/mol. The zero-order valence-electron chi connectivity index (χ0n) is 9.88. The van der Waals surface area contributed by atoms with E-state index in [9.17, 15) is 4.79 Å². The van der Waals surface area contributed by atoms with Gasteiger partial charge in [0.1, 0.15) is 0 Å². The SMILES string of the molecule is CC(C)(C)C(=O)NOC1CCC(N)CC1. The van der Waals surface area contributed by atoms with E-state index in [-0.39, 0.29) is 12.0 Å². The van der Waals surface area contributed by atoms with Crippen LogP contribution >= 0.6 is 0 Å². The van der Waals surface area contributed by atoms with E-state index in [1.54, 1.807) is 0 Å². The highest BCUT2D eigenvalue weighted by Gasteiger charge is 2.24. The Balaban J connectivity index is 2.23. The number of hydroxylamine groups is 1. The van der Waals surface area contributed by atoms with E-state index in [4.69, 9.17) is 10.6 Å². The Morgan fingerprint density at radius 1 is 1.27 bits per heavy atom. The molecule has 0 aromatic carbocycles. The van der Waals surface area contributed by atoms with E-state index in [0.29, 0.717) is 6.04 Å². The summed E-state index contributed by atoms with van der Waals surface area (Å²) < 4.78 is 0. The Hall–Kier alpha value is -0.610. The monoisotopic (exact) mass is 214 g/mol. The van der Waals surface area contributed by atoms with Gasteiger partial charge in [-0.1, -0.05) is 20.8 Å². The van der Waals surface area contributed by atoms with Gasteiger partial charge in [0, 0.05) is 11.5 Å². The fourth-order valence-electron chi connectivity index (χ4n) is 1.50. The van der Waals surface area contributed by atoms with Gasteiger partial charge >= 0.3 is 0 Å². The van der Waals surface area contributed by atoms with Crippen LogP contribution in [0.4, 0.5) is 0 Å². The van der Waals surface area contributed by atoms with E-state index in [0.717, 1.165) is 25.7 Å². The molecule has 4 heteroatoms. The number of hydrogen-bond acceptors (Lipinski definition) is 3. The molecule has 1 saturated carbocycles. The summed E-state index contributed by atoms with van der Waals surface area (Å²) in [6.07, 6.45) is 3.97. The summed E-state index contributed by atoms with van der Waals surface area (Å²) in [6.45, 7) is 5.59. The van der Waals surface area contributed by atoms with Crippen molar-refractivity contribution in [3.05, 3.63) is 0 Å². The highest BCUT2D eigenvalue weighted by Crippen LogP contribution is 2.19. The molecule has 0 atom stereocenters. The van der Waals surface area contributed by atoms with Gasteiger partial charge in [-0.15, -0.1) is 0 Å². The molecule has 1 aliphatic carbocycles. The quantitative estimate of drug-likeness (QED) is 0.682. The number of nitrogens with two attached hydrogens (primary N) is 1. The summed E-state index contributed by atoms with van der Waals surface area (Å²) in [7, 11) is 0. The first-order valence-corrected chi connectivity index (χ1v) is 5.61. The molecule has 88 valence electrons. The molecule has 0 heterocycles. The Bertz CT molecular complexity index is 215. The molecule has 1 aliphatic rings. The molecule has 0 unspecified atom stereocenters. The first-order valence-electron chi connectivity index (χ1n) is 5.61. The van der Waals surface area contributed by atoms with Gasteiger partial charge in [0.25, 0.3) is 0 Å². The molecule has 0 aliphatic heterocycles. The average Bonchev–Trinajstić information content (AvgIpc) is 2.15. The molecule has 4 nitrogen and oxygen atoms in total. The maximum atomic E-state index is 11.5. The van der Waals surface area contributed by atoms with Gasteiger partial charge in [-0.2, -0.15) is 0 Å². The number of carbonyl (C=O) groups excluding carboxylic acids is 1. The van der Waals surface area contributed by atoms with Crippen LogP contribution in [0.1, 0.15) is 46.5 Å². The lowest BCUT2D eigenvalue weighted by molar-refractivity contribution is -0.148. The number of hydrogen-bond donors (Lipinski definition) is 2. The molecule has 0 aromatic heterocycles. The molecule has 3 N–H and O–H groups in total. The van der Waals surface area contributed by atoms with Crippen LogP contribution in [0.25, 0.3) is 0 Å². The maximum Gasteiger partial charge on any atom is 0.248 e. The summed E-state index contributed by atoms with van der Waals surface area (Å²) in [4.78, 5) is 16.9. The van der Waals surface area contributed by atoms with Gasteiger partial charge in [0.05, 0.1) is 6.10 Å². The van der Waals surface area contributed by atoms with Gasteiger partial charge in [-0.3, -0.25) is 9.63 Å². The van der Waals surface area contributed by atoms with Gasteiger partial charge < -0.3 is 5.73 Å². The number of rotatable bonds is 2. The zero-order valence-corrected chi connectivity index (χ0v) is 9.88.